The molecule has 0 spiro atoms. The summed E-state index contributed by atoms with van der Waals surface area (Å²) in [6.07, 6.45) is 3.78. The van der Waals surface area contributed by atoms with Gasteiger partial charge in [0.1, 0.15) is 0 Å². The Morgan fingerprint density at radius 2 is 2.25 bits per heavy atom. The highest BCUT2D eigenvalue weighted by Gasteiger charge is 1.96. The van der Waals surface area contributed by atoms with E-state index in [1.165, 1.54) is 6.21 Å². The zero-order valence-electron chi connectivity index (χ0n) is 7.37. The lowest BCUT2D eigenvalue weighted by molar-refractivity contribution is -0.131. The molecule has 0 radical (unpaired) electrons. The number of nitrogens with zero attached hydrogens (tertiary/aromatic N) is 1. The number of aliphatic carboxylic acids is 1. The van der Waals surface area contributed by atoms with Gasteiger partial charge in [0.05, 0.1) is 5.57 Å². The van der Waals surface area contributed by atoms with E-state index in [0.717, 1.165) is 12.0 Å². The molecule has 0 saturated carbocycles. The number of hydrogen-bond donors (Lipinski definition) is 1. The summed E-state index contributed by atoms with van der Waals surface area (Å²) in [5.74, 6) is -1.04. The SMILES string of the molecule is C=C(C=N/C=C(/C)CC)C(=O)O. The maximum Gasteiger partial charge on any atom is 0.336 e. The van der Waals surface area contributed by atoms with Crippen LogP contribution in [0.1, 0.15) is 20.3 Å². The minimum atomic E-state index is -1.04. The monoisotopic (exact) mass is 167 g/mol. The van der Waals surface area contributed by atoms with Gasteiger partial charge in [-0.05, 0) is 13.3 Å². The third-order valence-corrected chi connectivity index (χ3v) is 1.36. The molecule has 0 bridgehead atoms. The quantitative estimate of drug-likeness (QED) is 0.514. The Labute approximate surface area is 72.1 Å². The largest absolute Gasteiger partial charge is 0.478 e. The second-order valence-corrected chi connectivity index (χ2v) is 2.44. The summed E-state index contributed by atoms with van der Waals surface area (Å²) in [5.41, 5.74) is 1.10. The van der Waals surface area contributed by atoms with Gasteiger partial charge < -0.3 is 5.11 Å². The summed E-state index contributed by atoms with van der Waals surface area (Å²) in [5, 5.41) is 8.39. The Kier molecular flexibility index (Phi) is 4.69. The van der Waals surface area contributed by atoms with E-state index < -0.39 is 5.97 Å². The van der Waals surface area contributed by atoms with Crippen molar-refractivity contribution in [1.82, 2.24) is 0 Å². The lowest BCUT2D eigenvalue weighted by Crippen LogP contribution is -1.98. The lowest BCUT2D eigenvalue weighted by Gasteiger charge is -1.89. The van der Waals surface area contributed by atoms with Crippen molar-refractivity contribution < 1.29 is 9.90 Å². The predicted molar refractivity (Wildman–Crippen MR) is 49.3 cm³/mol. The van der Waals surface area contributed by atoms with Crippen molar-refractivity contribution >= 4 is 12.2 Å². The number of carboxylic acids is 1. The Bertz CT molecular complexity index is 239. The van der Waals surface area contributed by atoms with E-state index in [2.05, 4.69) is 11.6 Å². The van der Waals surface area contributed by atoms with Crippen molar-refractivity contribution in [2.24, 2.45) is 4.99 Å². The van der Waals surface area contributed by atoms with Crippen LogP contribution in [0, 0.1) is 0 Å². The minimum Gasteiger partial charge on any atom is -0.478 e. The molecule has 66 valence electrons. The first-order valence-electron chi connectivity index (χ1n) is 3.69. The minimum absolute atomic E-state index is 0.00449. The molecule has 12 heavy (non-hydrogen) atoms. The third-order valence-electron chi connectivity index (χ3n) is 1.36. The summed E-state index contributed by atoms with van der Waals surface area (Å²) in [6.45, 7) is 7.24. The van der Waals surface area contributed by atoms with Crippen molar-refractivity contribution in [2.45, 2.75) is 20.3 Å². The van der Waals surface area contributed by atoms with Crippen LogP contribution in [0.2, 0.25) is 0 Å². The molecule has 0 heterocycles. The van der Waals surface area contributed by atoms with Crippen LogP contribution in [0.5, 0.6) is 0 Å². The first-order chi connectivity index (χ1) is 5.57. The molecule has 0 unspecified atom stereocenters. The van der Waals surface area contributed by atoms with Crippen LogP contribution in [-0.4, -0.2) is 17.3 Å². The first kappa shape index (κ1) is 10.6. The molecule has 0 atom stereocenters. The second-order valence-electron chi connectivity index (χ2n) is 2.44. The zero-order valence-corrected chi connectivity index (χ0v) is 7.37. The van der Waals surface area contributed by atoms with E-state index in [-0.39, 0.29) is 5.57 Å². The Hall–Kier alpha value is -1.38. The smallest absolute Gasteiger partial charge is 0.336 e. The topological polar surface area (TPSA) is 49.7 Å². The van der Waals surface area contributed by atoms with E-state index in [0.29, 0.717) is 0 Å². The molecule has 0 aromatic carbocycles. The van der Waals surface area contributed by atoms with Crippen LogP contribution in [0.4, 0.5) is 0 Å². The van der Waals surface area contributed by atoms with Gasteiger partial charge in [-0.3, -0.25) is 4.99 Å². The van der Waals surface area contributed by atoms with Crippen LogP contribution >= 0.6 is 0 Å². The normalized spacial score (nSPS) is 12.0. The molecule has 0 aliphatic heterocycles. The van der Waals surface area contributed by atoms with Gasteiger partial charge in [0.25, 0.3) is 0 Å². The lowest BCUT2D eigenvalue weighted by atomic mass is 10.3. The van der Waals surface area contributed by atoms with E-state index in [9.17, 15) is 4.79 Å². The van der Waals surface area contributed by atoms with Gasteiger partial charge >= 0.3 is 5.97 Å². The Balaban J connectivity index is 4.09. The molecule has 0 amide bonds. The molecule has 0 rings (SSSR count). The highest BCUT2D eigenvalue weighted by Crippen LogP contribution is 1.97. The van der Waals surface area contributed by atoms with Crippen LogP contribution < -0.4 is 0 Å². The molecular weight excluding hydrogens is 154 g/mol. The van der Waals surface area contributed by atoms with Crippen molar-refractivity contribution in [3.63, 3.8) is 0 Å². The number of rotatable bonds is 4. The molecular formula is C9H13NO2. The number of aliphatic imine (C=N–C) groups is 1. The molecule has 1 N–H and O–H groups in total. The van der Waals surface area contributed by atoms with E-state index in [4.69, 9.17) is 5.11 Å². The molecule has 0 fully saturated rings. The van der Waals surface area contributed by atoms with E-state index in [1.807, 2.05) is 13.8 Å². The zero-order chi connectivity index (χ0) is 9.56. The number of carbonyl (C=O) groups is 1. The molecule has 3 heteroatoms. The summed E-state index contributed by atoms with van der Waals surface area (Å²) < 4.78 is 0. The number of hydrogen-bond acceptors (Lipinski definition) is 2. The molecule has 0 aromatic heterocycles. The second kappa shape index (κ2) is 5.29. The van der Waals surface area contributed by atoms with Gasteiger partial charge in [-0.1, -0.05) is 19.1 Å². The summed E-state index contributed by atoms with van der Waals surface area (Å²) in [6, 6.07) is 0. The average Bonchev–Trinajstić information content (AvgIpc) is 2.03. The number of carboxylic acid groups (broad SMARTS) is 1. The highest BCUT2D eigenvalue weighted by atomic mass is 16.4. The van der Waals surface area contributed by atoms with E-state index >= 15 is 0 Å². The Morgan fingerprint density at radius 1 is 1.67 bits per heavy atom. The Morgan fingerprint density at radius 3 is 2.67 bits per heavy atom. The standard InChI is InChI=1S/C9H13NO2/c1-4-7(2)5-10-6-8(3)9(11)12/h5-6H,3-4H2,1-2H3,(H,11,12)/b7-5-,10-6?. The average molecular weight is 167 g/mol. The van der Waals surface area contributed by atoms with Crippen molar-refractivity contribution in [3.8, 4) is 0 Å². The van der Waals surface area contributed by atoms with Crippen molar-refractivity contribution in [3.05, 3.63) is 23.9 Å². The van der Waals surface area contributed by atoms with Crippen LogP contribution in [0.25, 0.3) is 0 Å². The predicted octanol–water partition coefficient (Wildman–Crippen LogP) is 2.01. The van der Waals surface area contributed by atoms with Gasteiger partial charge in [0.15, 0.2) is 0 Å². The maximum absolute atomic E-state index is 10.2. The van der Waals surface area contributed by atoms with E-state index in [1.54, 1.807) is 6.20 Å². The van der Waals surface area contributed by atoms with Gasteiger partial charge in [0, 0.05) is 12.4 Å². The highest BCUT2D eigenvalue weighted by molar-refractivity contribution is 6.07. The van der Waals surface area contributed by atoms with Crippen LogP contribution in [0.15, 0.2) is 28.9 Å². The molecule has 3 nitrogen and oxygen atoms in total. The summed E-state index contributed by atoms with van der Waals surface area (Å²) in [7, 11) is 0. The number of allylic oxidation sites excluding steroid dienone is 1. The fourth-order valence-corrected chi connectivity index (χ4v) is 0.401. The van der Waals surface area contributed by atoms with Gasteiger partial charge in [-0.2, -0.15) is 0 Å². The fourth-order valence-electron chi connectivity index (χ4n) is 0.401. The molecule has 0 saturated heterocycles. The van der Waals surface area contributed by atoms with Gasteiger partial charge in [-0.15, -0.1) is 0 Å². The molecule has 0 aliphatic carbocycles. The third kappa shape index (κ3) is 4.44. The first-order valence-corrected chi connectivity index (χ1v) is 3.69. The van der Waals surface area contributed by atoms with Crippen molar-refractivity contribution in [1.29, 1.82) is 0 Å². The maximum atomic E-state index is 10.2. The summed E-state index contributed by atoms with van der Waals surface area (Å²) >= 11 is 0. The molecule has 0 aliphatic rings. The van der Waals surface area contributed by atoms with Crippen LogP contribution in [-0.2, 0) is 4.79 Å². The fraction of sp³-hybridized carbons (Fsp3) is 0.333. The summed E-state index contributed by atoms with van der Waals surface area (Å²) in [4.78, 5) is 14.0. The van der Waals surface area contributed by atoms with Crippen molar-refractivity contribution in [2.75, 3.05) is 0 Å². The molecule has 0 aromatic rings. The van der Waals surface area contributed by atoms with Gasteiger partial charge in [0.2, 0.25) is 0 Å². The van der Waals surface area contributed by atoms with Gasteiger partial charge in [-0.25, -0.2) is 4.79 Å². The van der Waals surface area contributed by atoms with Crippen LogP contribution in [0.3, 0.4) is 0 Å².